The molecule has 118 valence electrons. The number of rotatable bonds is 3. The average Bonchev–Trinajstić information content (AvgIpc) is 2.94. The zero-order valence-corrected chi connectivity index (χ0v) is 12.8. The van der Waals surface area contributed by atoms with Crippen molar-refractivity contribution in [3.8, 4) is 0 Å². The van der Waals surface area contributed by atoms with Crippen molar-refractivity contribution in [2.45, 2.75) is 17.9 Å². The molecule has 1 fully saturated rings. The Kier molecular flexibility index (Phi) is 3.98. The molecule has 1 saturated heterocycles. The van der Waals surface area contributed by atoms with E-state index in [0.29, 0.717) is 5.82 Å². The van der Waals surface area contributed by atoms with Crippen molar-refractivity contribution in [1.82, 2.24) is 14.3 Å². The molecule has 0 radical (unpaired) electrons. The molecule has 0 saturated carbocycles. The summed E-state index contributed by atoms with van der Waals surface area (Å²) in [6.07, 6.45) is 1.24. The normalized spacial score (nSPS) is 20.2. The second-order valence-electron chi connectivity index (χ2n) is 5.13. The highest BCUT2D eigenvalue weighted by molar-refractivity contribution is 7.89. The van der Waals surface area contributed by atoms with Gasteiger partial charge in [0.15, 0.2) is 0 Å². The molecular weight excluding hydrogens is 309 g/mol. The quantitative estimate of drug-likeness (QED) is 0.930. The molecule has 1 aliphatic rings. The lowest BCUT2D eigenvalue weighted by Gasteiger charge is -2.31. The number of sulfonamides is 1. The van der Waals surface area contributed by atoms with Crippen LogP contribution in [0.2, 0.25) is 0 Å². The van der Waals surface area contributed by atoms with Crippen LogP contribution >= 0.6 is 0 Å². The third-order valence-electron chi connectivity index (χ3n) is 3.51. The van der Waals surface area contributed by atoms with Gasteiger partial charge in [-0.1, -0.05) is 0 Å². The SMILES string of the molecule is Cc1cnc([C@@H]2CN(S(=O)(=O)c3ccc(F)cc3)CCO2)[nH]1. The molecule has 22 heavy (non-hydrogen) atoms. The molecule has 1 aromatic heterocycles. The van der Waals surface area contributed by atoms with Crippen molar-refractivity contribution in [2.75, 3.05) is 19.7 Å². The van der Waals surface area contributed by atoms with Crippen molar-refractivity contribution in [3.63, 3.8) is 0 Å². The molecule has 1 aliphatic heterocycles. The minimum atomic E-state index is -3.67. The van der Waals surface area contributed by atoms with E-state index in [9.17, 15) is 12.8 Å². The molecular formula is C14H16FN3O3S. The van der Waals surface area contributed by atoms with Crippen LogP contribution in [0.1, 0.15) is 17.6 Å². The summed E-state index contributed by atoms with van der Waals surface area (Å²) in [7, 11) is -3.67. The van der Waals surface area contributed by atoms with Crippen molar-refractivity contribution in [2.24, 2.45) is 0 Å². The molecule has 8 heteroatoms. The first-order valence-corrected chi connectivity index (χ1v) is 8.29. The van der Waals surface area contributed by atoms with Crippen molar-refractivity contribution < 1.29 is 17.5 Å². The highest BCUT2D eigenvalue weighted by atomic mass is 32.2. The lowest BCUT2D eigenvalue weighted by molar-refractivity contribution is -0.00711. The van der Waals surface area contributed by atoms with Gasteiger partial charge in [0.05, 0.1) is 11.5 Å². The largest absolute Gasteiger partial charge is 0.368 e. The van der Waals surface area contributed by atoms with E-state index in [1.165, 1.54) is 16.4 Å². The number of morpholine rings is 1. The van der Waals surface area contributed by atoms with Crippen LogP contribution in [-0.2, 0) is 14.8 Å². The number of hydrogen-bond acceptors (Lipinski definition) is 4. The zero-order chi connectivity index (χ0) is 15.7. The number of aromatic amines is 1. The van der Waals surface area contributed by atoms with E-state index < -0.39 is 21.9 Å². The minimum absolute atomic E-state index is 0.0742. The molecule has 2 aromatic rings. The van der Waals surface area contributed by atoms with E-state index >= 15 is 0 Å². The van der Waals surface area contributed by atoms with Gasteiger partial charge in [-0.3, -0.25) is 0 Å². The van der Waals surface area contributed by atoms with E-state index in [1.54, 1.807) is 6.20 Å². The fraction of sp³-hybridized carbons (Fsp3) is 0.357. The first kappa shape index (κ1) is 15.1. The zero-order valence-electron chi connectivity index (χ0n) is 12.0. The number of halogens is 1. The van der Waals surface area contributed by atoms with E-state index in [4.69, 9.17) is 4.74 Å². The third-order valence-corrected chi connectivity index (χ3v) is 5.39. The molecule has 0 unspecified atom stereocenters. The summed E-state index contributed by atoms with van der Waals surface area (Å²) >= 11 is 0. The van der Waals surface area contributed by atoms with E-state index in [1.807, 2.05) is 6.92 Å². The maximum Gasteiger partial charge on any atom is 0.243 e. The summed E-state index contributed by atoms with van der Waals surface area (Å²) in [4.78, 5) is 7.32. The third kappa shape index (κ3) is 2.90. The Labute approximate surface area is 128 Å². The minimum Gasteiger partial charge on any atom is -0.368 e. The molecule has 3 rings (SSSR count). The molecule has 0 amide bonds. The lowest BCUT2D eigenvalue weighted by atomic mass is 10.3. The predicted octanol–water partition coefficient (Wildman–Crippen LogP) is 1.62. The Morgan fingerprint density at radius 3 is 2.73 bits per heavy atom. The van der Waals surface area contributed by atoms with Gasteiger partial charge in [0.1, 0.15) is 17.7 Å². The Morgan fingerprint density at radius 1 is 1.36 bits per heavy atom. The number of aryl methyl sites for hydroxylation is 1. The van der Waals surface area contributed by atoms with E-state index in [0.717, 1.165) is 17.8 Å². The highest BCUT2D eigenvalue weighted by Gasteiger charge is 2.32. The molecule has 0 bridgehead atoms. The smallest absolute Gasteiger partial charge is 0.243 e. The Bertz CT molecular complexity index is 758. The van der Waals surface area contributed by atoms with Crippen LogP contribution in [-0.4, -0.2) is 42.4 Å². The first-order chi connectivity index (χ1) is 10.5. The second kappa shape index (κ2) is 5.79. The standard InChI is InChI=1S/C14H16FN3O3S/c1-10-8-16-14(17-10)13-9-18(6-7-21-13)22(19,20)12-4-2-11(15)3-5-12/h2-5,8,13H,6-7,9H2,1H3,(H,16,17)/t13-/m0/s1. The summed E-state index contributed by atoms with van der Waals surface area (Å²) in [6, 6.07) is 4.82. The van der Waals surface area contributed by atoms with Crippen LogP contribution < -0.4 is 0 Å². The second-order valence-corrected chi connectivity index (χ2v) is 7.07. The van der Waals surface area contributed by atoms with Gasteiger partial charge < -0.3 is 9.72 Å². The lowest BCUT2D eigenvalue weighted by Crippen LogP contribution is -2.42. The summed E-state index contributed by atoms with van der Waals surface area (Å²) in [6.45, 7) is 2.58. The van der Waals surface area contributed by atoms with Gasteiger partial charge in [0, 0.05) is 25.0 Å². The van der Waals surface area contributed by atoms with Crippen molar-refractivity contribution in [1.29, 1.82) is 0 Å². The molecule has 2 heterocycles. The maximum atomic E-state index is 13.0. The molecule has 1 aromatic carbocycles. The number of nitrogens with zero attached hydrogens (tertiary/aromatic N) is 2. The number of aromatic nitrogens is 2. The van der Waals surface area contributed by atoms with Gasteiger partial charge in [-0.05, 0) is 31.2 Å². The number of H-pyrrole nitrogens is 1. The van der Waals surface area contributed by atoms with Gasteiger partial charge in [-0.15, -0.1) is 0 Å². The van der Waals surface area contributed by atoms with Crippen LogP contribution in [0.5, 0.6) is 0 Å². The van der Waals surface area contributed by atoms with Gasteiger partial charge in [0.25, 0.3) is 0 Å². The maximum absolute atomic E-state index is 13.0. The van der Waals surface area contributed by atoms with Crippen molar-refractivity contribution >= 4 is 10.0 Å². The Morgan fingerprint density at radius 2 is 2.09 bits per heavy atom. The fourth-order valence-electron chi connectivity index (χ4n) is 2.36. The van der Waals surface area contributed by atoms with Crippen LogP contribution in [0.25, 0.3) is 0 Å². The average molecular weight is 325 g/mol. The van der Waals surface area contributed by atoms with E-state index in [-0.39, 0.29) is 24.6 Å². The van der Waals surface area contributed by atoms with Gasteiger partial charge in [-0.2, -0.15) is 4.31 Å². The molecule has 1 atom stereocenters. The summed E-state index contributed by atoms with van der Waals surface area (Å²) in [5, 5.41) is 0. The number of benzene rings is 1. The summed E-state index contributed by atoms with van der Waals surface area (Å²) in [5.74, 6) is 0.140. The highest BCUT2D eigenvalue weighted by Crippen LogP contribution is 2.25. The van der Waals surface area contributed by atoms with Gasteiger partial charge >= 0.3 is 0 Å². The Hall–Kier alpha value is -1.77. The van der Waals surface area contributed by atoms with Crippen LogP contribution in [0.3, 0.4) is 0 Å². The van der Waals surface area contributed by atoms with Crippen molar-refractivity contribution in [3.05, 3.63) is 47.8 Å². The Balaban J connectivity index is 1.83. The molecule has 0 spiro atoms. The van der Waals surface area contributed by atoms with Gasteiger partial charge in [-0.25, -0.2) is 17.8 Å². The van der Waals surface area contributed by atoms with E-state index in [2.05, 4.69) is 9.97 Å². The number of ether oxygens (including phenoxy) is 1. The van der Waals surface area contributed by atoms with Gasteiger partial charge in [0.2, 0.25) is 10.0 Å². The number of hydrogen-bond donors (Lipinski definition) is 1. The summed E-state index contributed by atoms with van der Waals surface area (Å²) < 4.78 is 45.1. The summed E-state index contributed by atoms with van der Waals surface area (Å²) in [5.41, 5.74) is 0.886. The molecule has 0 aliphatic carbocycles. The molecule has 6 nitrogen and oxygen atoms in total. The topological polar surface area (TPSA) is 75.3 Å². The first-order valence-electron chi connectivity index (χ1n) is 6.85. The van der Waals surface area contributed by atoms with Crippen LogP contribution in [0.15, 0.2) is 35.4 Å². The monoisotopic (exact) mass is 325 g/mol. The van der Waals surface area contributed by atoms with Crippen LogP contribution in [0.4, 0.5) is 4.39 Å². The number of imidazole rings is 1. The predicted molar refractivity (Wildman–Crippen MR) is 77.2 cm³/mol. The van der Waals surface area contributed by atoms with Crippen LogP contribution in [0, 0.1) is 12.7 Å². The fourth-order valence-corrected chi connectivity index (χ4v) is 3.79. The molecule has 1 N–H and O–H groups in total. The number of nitrogens with one attached hydrogen (secondary N) is 1.